The standard InChI is InChI=1S/C14H24N2/c1-3-7-16-8-6-13(11-16)10-15-9-12(2)14-4-5-14/h6,8,11-12,14-15H,3-5,7,9-10H2,1-2H3. The molecule has 0 spiro atoms. The molecule has 1 aromatic rings. The van der Waals surface area contributed by atoms with Gasteiger partial charge in [-0.1, -0.05) is 13.8 Å². The second-order valence-corrected chi connectivity index (χ2v) is 5.20. The second kappa shape index (κ2) is 5.53. The van der Waals surface area contributed by atoms with Crippen molar-refractivity contribution in [3.63, 3.8) is 0 Å². The fourth-order valence-corrected chi connectivity index (χ4v) is 2.27. The number of aryl methyl sites for hydroxylation is 1. The van der Waals surface area contributed by atoms with Gasteiger partial charge in [-0.15, -0.1) is 0 Å². The molecule has 0 radical (unpaired) electrons. The van der Waals surface area contributed by atoms with Gasteiger partial charge in [0.15, 0.2) is 0 Å². The molecular formula is C14H24N2. The molecule has 1 aliphatic carbocycles. The van der Waals surface area contributed by atoms with Gasteiger partial charge in [-0.2, -0.15) is 0 Å². The summed E-state index contributed by atoms with van der Waals surface area (Å²) in [5, 5.41) is 3.56. The largest absolute Gasteiger partial charge is 0.354 e. The van der Waals surface area contributed by atoms with Gasteiger partial charge in [0.2, 0.25) is 0 Å². The first kappa shape index (κ1) is 11.7. The van der Waals surface area contributed by atoms with Crippen molar-refractivity contribution in [2.24, 2.45) is 11.8 Å². The van der Waals surface area contributed by atoms with Gasteiger partial charge >= 0.3 is 0 Å². The molecule has 0 amide bonds. The lowest BCUT2D eigenvalue weighted by Gasteiger charge is -2.10. The Labute approximate surface area is 99.0 Å². The zero-order valence-corrected chi connectivity index (χ0v) is 10.6. The summed E-state index contributed by atoms with van der Waals surface area (Å²) in [5.41, 5.74) is 1.41. The molecule has 1 atom stereocenters. The highest BCUT2D eigenvalue weighted by molar-refractivity contribution is 5.09. The van der Waals surface area contributed by atoms with Gasteiger partial charge in [-0.25, -0.2) is 0 Å². The van der Waals surface area contributed by atoms with Gasteiger partial charge in [0.05, 0.1) is 0 Å². The maximum atomic E-state index is 3.56. The average molecular weight is 220 g/mol. The first-order chi connectivity index (χ1) is 7.79. The fraction of sp³-hybridized carbons (Fsp3) is 0.714. The van der Waals surface area contributed by atoms with Gasteiger partial charge < -0.3 is 9.88 Å². The summed E-state index contributed by atoms with van der Waals surface area (Å²) < 4.78 is 2.28. The summed E-state index contributed by atoms with van der Waals surface area (Å²) in [6.07, 6.45) is 8.56. The Kier molecular flexibility index (Phi) is 4.05. The zero-order chi connectivity index (χ0) is 11.4. The van der Waals surface area contributed by atoms with Crippen LogP contribution in [0, 0.1) is 11.8 Å². The Hall–Kier alpha value is -0.760. The fourth-order valence-electron chi connectivity index (χ4n) is 2.27. The molecule has 0 aliphatic heterocycles. The molecule has 1 fully saturated rings. The van der Waals surface area contributed by atoms with Crippen LogP contribution in [-0.4, -0.2) is 11.1 Å². The van der Waals surface area contributed by atoms with Crippen molar-refractivity contribution in [3.05, 3.63) is 24.0 Å². The second-order valence-electron chi connectivity index (χ2n) is 5.20. The summed E-state index contributed by atoms with van der Waals surface area (Å²) in [7, 11) is 0. The molecule has 2 rings (SSSR count). The van der Waals surface area contributed by atoms with E-state index in [9.17, 15) is 0 Å². The minimum Gasteiger partial charge on any atom is -0.354 e. The quantitative estimate of drug-likeness (QED) is 0.747. The summed E-state index contributed by atoms with van der Waals surface area (Å²) in [5.74, 6) is 1.87. The van der Waals surface area contributed by atoms with Gasteiger partial charge in [0.1, 0.15) is 0 Å². The molecule has 90 valence electrons. The number of hydrogen-bond acceptors (Lipinski definition) is 1. The topological polar surface area (TPSA) is 17.0 Å². The average Bonchev–Trinajstić information content (AvgIpc) is 3.02. The third kappa shape index (κ3) is 3.38. The van der Waals surface area contributed by atoms with Crippen molar-refractivity contribution in [2.45, 2.75) is 46.2 Å². The van der Waals surface area contributed by atoms with Crippen molar-refractivity contribution in [3.8, 4) is 0 Å². The summed E-state index contributed by atoms with van der Waals surface area (Å²) in [6, 6.07) is 2.23. The third-order valence-electron chi connectivity index (χ3n) is 3.52. The molecule has 2 heteroatoms. The molecule has 1 aromatic heterocycles. The highest BCUT2D eigenvalue weighted by Gasteiger charge is 2.27. The smallest absolute Gasteiger partial charge is 0.0220 e. The zero-order valence-electron chi connectivity index (χ0n) is 10.6. The minimum absolute atomic E-state index is 0.859. The molecule has 0 saturated heterocycles. The van der Waals surface area contributed by atoms with Gasteiger partial charge in [-0.3, -0.25) is 0 Å². The molecule has 1 saturated carbocycles. The molecule has 0 bridgehead atoms. The number of hydrogen-bond donors (Lipinski definition) is 1. The van der Waals surface area contributed by atoms with Crippen molar-refractivity contribution in [2.75, 3.05) is 6.54 Å². The highest BCUT2D eigenvalue weighted by Crippen LogP contribution is 2.36. The Balaban J connectivity index is 1.67. The lowest BCUT2D eigenvalue weighted by molar-refractivity contribution is 0.461. The summed E-state index contributed by atoms with van der Waals surface area (Å²) in [4.78, 5) is 0. The monoisotopic (exact) mass is 220 g/mol. The molecule has 2 nitrogen and oxygen atoms in total. The van der Waals surface area contributed by atoms with Crippen LogP contribution in [0.5, 0.6) is 0 Å². The van der Waals surface area contributed by atoms with Crippen LogP contribution in [0.3, 0.4) is 0 Å². The third-order valence-corrected chi connectivity index (χ3v) is 3.52. The number of rotatable bonds is 7. The van der Waals surface area contributed by atoms with E-state index in [1.807, 2.05) is 0 Å². The van der Waals surface area contributed by atoms with Crippen molar-refractivity contribution >= 4 is 0 Å². The molecular weight excluding hydrogens is 196 g/mol. The molecule has 16 heavy (non-hydrogen) atoms. The van der Waals surface area contributed by atoms with E-state index >= 15 is 0 Å². The van der Waals surface area contributed by atoms with Crippen molar-refractivity contribution in [1.29, 1.82) is 0 Å². The van der Waals surface area contributed by atoms with Crippen LogP contribution in [0.2, 0.25) is 0 Å². The summed E-state index contributed by atoms with van der Waals surface area (Å²) >= 11 is 0. The molecule has 1 N–H and O–H groups in total. The van der Waals surface area contributed by atoms with Crippen molar-refractivity contribution < 1.29 is 0 Å². The minimum atomic E-state index is 0.859. The van der Waals surface area contributed by atoms with E-state index < -0.39 is 0 Å². The SMILES string of the molecule is CCCn1ccc(CNCC(C)C2CC2)c1. The normalized spacial score (nSPS) is 17.6. The van der Waals surface area contributed by atoms with E-state index in [0.717, 1.165) is 24.9 Å². The van der Waals surface area contributed by atoms with Gasteiger partial charge in [0.25, 0.3) is 0 Å². The van der Waals surface area contributed by atoms with Crippen LogP contribution in [0.4, 0.5) is 0 Å². The first-order valence-electron chi connectivity index (χ1n) is 6.65. The maximum absolute atomic E-state index is 3.56. The van der Waals surface area contributed by atoms with Crippen LogP contribution in [-0.2, 0) is 13.1 Å². The van der Waals surface area contributed by atoms with E-state index in [2.05, 4.69) is 42.2 Å². The molecule has 1 aliphatic rings. The maximum Gasteiger partial charge on any atom is 0.0220 e. The lowest BCUT2D eigenvalue weighted by atomic mass is 10.1. The van der Waals surface area contributed by atoms with E-state index in [-0.39, 0.29) is 0 Å². The van der Waals surface area contributed by atoms with Gasteiger partial charge in [0, 0.05) is 25.5 Å². The van der Waals surface area contributed by atoms with Crippen LogP contribution < -0.4 is 5.32 Å². The van der Waals surface area contributed by atoms with E-state index in [4.69, 9.17) is 0 Å². The van der Waals surface area contributed by atoms with Crippen molar-refractivity contribution in [1.82, 2.24) is 9.88 Å². The predicted octanol–water partition coefficient (Wildman–Crippen LogP) is 3.03. The van der Waals surface area contributed by atoms with Crippen LogP contribution in [0.1, 0.15) is 38.7 Å². The number of nitrogens with zero attached hydrogens (tertiary/aromatic N) is 1. The first-order valence-corrected chi connectivity index (χ1v) is 6.65. The predicted molar refractivity (Wildman–Crippen MR) is 68.3 cm³/mol. The number of aromatic nitrogens is 1. The molecule has 0 aromatic carbocycles. The lowest BCUT2D eigenvalue weighted by Crippen LogP contribution is -2.21. The highest BCUT2D eigenvalue weighted by atomic mass is 14.9. The Morgan fingerprint density at radius 2 is 2.31 bits per heavy atom. The van der Waals surface area contributed by atoms with Crippen LogP contribution in [0.15, 0.2) is 18.5 Å². The Morgan fingerprint density at radius 1 is 1.50 bits per heavy atom. The van der Waals surface area contributed by atoms with E-state index in [1.54, 1.807) is 0 Å². The van der Waals surface area contributed by atoms with Crippen LogP contribution in [0.25, 0.3) is 0 Å². The Bertz CT molecular complexity index is 312. The Morgan fingerprint density at radius 3 is 3.00 bits per heavy atom. The number of nitrogens with one attached hydrogen (secondary N) is 1. The molecule has 1 unspecified atom stereocenters. The molecule has 1 heterocycles. The summed E-state index contributed by atoms with van der Waals surface area (Å²) in [6.45, 7) is 7.91. The van der Waals surface area contributed by atoms with Gasteiger partial charge in [-0.05, 0) is 49.3 Å². The van der Waals surface area contributed by atoms with E-state index in [0.29, 0.717) is 0 Å². The van der Waals surface area contributed by atoms with E-state index in [1.165, 1.54) is 31.4 Å². The van der Waals surface area contributed by atoms with Crippen LogP contribution >= 0.6 is 0 Å².